The monoisotopic (exact) mass is 270 g/mol. The van der Waals surface area contributed by atoms with E-state index in [1.807, 2.05) is 26.0 Å². The van der Waals surface area contributed by atoms with Gasteiger partial charge in [-0.25, -0.2) is 4.98 Å². The van der Waals surface area contributed by atoms with Crippen LogP contribution in [-0.4, -0.2) is 16.7 Å². The molecule has 0 radical (unpaired) electrons. The quantitative estimate of drug-likeness (QED) is 0.835. The maximum atomic E-state index is 12.9. The summed E-state index contributed by atoms with van der Waals surface area (Å²) >= 11 is 0. The van der Waals surface area contributed by atoms with E-state index >= 15 is 0 Å². The van der Waals surface area contributed by atoms with Crippen molar-refractivity contribution >= 4 is 0 Å². The first-order valence-electron chi connectivity index (χ1n) is 5.61. The number of pyridine rings is 1. The molecule has 19 heavy (non-hydrogen) atoms. The van der Waals surface area contributed by atoms with Crippen LogP contribution in [0.25, 0.3) is 5.69 Å². The molecule has 3 nitrogen and oxygen atoms in total. The van der Waals surface area contributed by atoms with Gasteiger partial charge in [0, 0.05) is 11.4 Å². The Morgan fingerprint density at radius 3 is 2.21 bits per heavy atom. The fraction of sp³-hybridized carbons (Fsp3) is 0.308. The minimum Gasteiger partial charge on any atom is -0.481 e. The molecule has 0 aliphatic heterocycles. The molecular formula is C13H13F3N2O. The molecule has 0 aliphatic carbocycles. The lowest BCUT2D eigenvalue weighted by molar-refractivity contribution is -0.139. The van der Waals surface area contributed by atoms with Gasteiger partial charge in [-0.2, -0.15) is 13.2 Å². The number of alkyl halides is 3. The normalized spacial score (nSPS) is 11.7. The third-order valence-corrected chi connectivity index (χ3v) is 2.86. The Bertz CT molecular complexity index is 583. The van der Waals surface area contributed by atoms with E-state index in [0.717, 1.165) is 17.5 Å². The van der Waals surface area contributed by atoms with Crippen LogP contribution in [0.2, 0.25) is 0 Å². The summed E-state index contributed by atoms with van der Waals surface area (Å²) in [6, 6.07) is 4.73. The molecule has 0 amide bonds. The number of aromatic nitrogens is 2. The van der Waals surface area contributed by atoms with Crippen molar-refractivity contribution in [3.05, 3.63) is 41.3 Å². The first kappa shape index (κ1) is 13.5. The van der Waals surface area contributed by atoms with E-state index in [1.165, 1.54) is 13.3 Å². The zero-order valence-electron chi connectivity index (χ0n) is 10.7. The van der Waals surface area contributed by atoms with Crippen molar-refractivity contribution in [1.29, 1.82) is 0 Å². The predicted molar refractivity (Wildman–Crippen MR) is 64.6 cm³/mol. The molecule has 102 valence electrons. The molecule has 0 aromatic carbocycles. The Hall–Kier alpha value is -1.98. The van der Waals surface area contributed by atoms with E-state index < -0.39 is 17.6 Å². The van der Waals surface area contributed by atoms with Crippen LogP contribution >= 0.6 is 0 Å². The van der Waals surface area contributed by atoms with Crippen LogP contribution < -0.4 is 4.74 Å². The second-order valence-corrected chi connectivity index (χ2v) is 4.20. The molecule has 0 fully saturated rings. The first-order chi connectivity index (χ1) is 8.84. The van der Waals surface area contributed by atoms with Crippen LogP contribution in [0.4, 0.5) is 13.2 Å². The van der Waals surface area contributed by atoms with E-state index in [9.17, 15) is 13.2 Å². The van der Waals surface area contributed by atoms with Gasteiger partial charge in [0.2, 0.25) is 5.88 Å². The Balaban J connectivity index is 2.62. The average Bonchev–Trinajstić information content (AvgIpc) is 2.67. The van der Waals surface area contributed by atoms with Gasteiger partial charge in [-0.3, -0.25) is 0 Å². The van der Waals surface area contributed by atoms with E-state index in [0.29, 0.717) is 5.69 Å². The minimum atomic E-state index is -4.50. The lowest BCUT2D eigenvalue weighted by atomic mass is 10.2. The van der Waals surface area contributed by atoms with Gasteiger partial charge < -0.3 is 9.30 Å². The van der Waals surface area contributed by atoms with Gasteiger partial charge in [-0.1, -0.05) is 0 Å². The first-order valence-corrected chi connectivity index (χ1v) is 5.61. The second kappa shape index (κ2) is 4.60. The summed E-state index contributed by atoms with van der Waals surface area (Å²) in [5, 5.41) is 0. The molecule has 2 aromatic heterocycles. The van der Waals surface area contributed by atoms with Crippen molar-refractivity contribution in [3.63, 3.8) is 0 Å². The topological polar surface area (TPSA) is 27.1 Å². The molecule has 0 N–H and O–H groups in total. The lowest BCUT2D eigenvalue weighted by Gasteiger charge is -2.14. The van der Waals surface area contributed by atoms with Gasteiger partial charge in [0.1, 0.15) is 5.56 Å². The largest absolute Gasteiger partial charge is 0.481 e. The van der Waals surface area contributed by atoms with E-state index in [-0.39, 0.29) is 0 Å². The molecule has 6 heteroatoms. The summed E-state index contributed by atoms with van der Waals surface area (Å²) in [4.78, 5) is 3.74. The molecule has 0 atom stereocenters. The molecule has 2 rings (SSSR count). The number of hydrogen-bond acceptors (Lipinski definition) is 2. The van der Waals surface area contributed by atoms with E-state index in [1.54, 1.807) is 4.57 Å². The fourth-order valence-electron chi connectivity index (χ4n) is 2.00. The maximum Gasteiger partial charge on any atom is 0.421 e. The van der Waals surface area contributed by atoms with Gasteiger partial charge in [-0.15, -0.1) is 0 Å². The maximum absolute atomic E-state index is 12.9. The zero-order chi connectivity index (χ0) is 14.2. The fourth-order valence-corrected chi connectivity index (χ4v) is 2.00. The number of ether oxygens (including phenoxy) is 1. The van der Waals surface area contributed by atoms with Gasteiger partial charge in [0.05, 0.1) is 19.0 Å². The highest BCUT2D eigenvalue weighted by atomic mass is 19.4. The molecular weight excluding hydrogens is 257 g/mol. The summed E-state index contributed by atoms with van der Waals surface area (Å²) in [5.74, 6) is -0.418. The Morgan fingerprint density at radius 2 is 1.74 bits per heavy atom. The van der Waals surface area contributed by atoms with Crippen LogP contribution in [0.15, 0.2) is 24.4 Å². The zero-order valence-corrected chi connectivity index (χ0v) is 10.7. The van der Waals surface area contributed by atoms with Crippen molar-refractivity contribution in [1.82, 2.24) is 9.55 Å². The summed E-state index contributed by atoms with van der Waals surface area (Å²) < 4.78 is 45.2. The Morgan fingerprint density at radius 1 is 1.16 bits per heavy atom. The number of aryl methyl sites for hydroxylation is 2. The standard InChI is InChI=1S/C13H13F3N2O/c1-8-4-5-9(2)18(8)10-6-11(13(14,15)16)12(19-3)17-7-10/h4-7H,1-3H3. The minimum absolute atomic E-state index is 0.369. The average molecular weight is 270 g/mol. The second-order valence-electron chi connectivity index (χ2n) is 4.20. The lowest BCUT2D eigenvalue weighted by Crippen LogP contribution is -2.11. The number of rotatable bonds is 2. The molecule has 0 aliphatic rings. The highest BCUT2D eigenvalue weighted by molar-refractivity contribution is 5.43. The van der Waals surface area contributed by atoms with Crippen LogP contribution in [0.1, 0.15) is 17.0 Å². The molecule has 2 heterocycles. The van der Waals surface area contributed by atoms with Gasteiger partial charge in [0.25, 0.3) is 0 Å². The number of nitrogens with zero attached hydrogens (tertiary/aromatic N) is 2. The Labute approximate surface area is 108 Å². The van der Waals surface area contributed by atoms with E-state index in [2.05, 4.69) is 9.72 Å². The smallest absolute Gasteiger partial charge is 0.421 e. The molecule has 0 saturated carbocycles. The van der Waals surface area contributed by atoms with Crippen LogP contribution in [0.5, 0.6) is 5.88 Å². The number of halogens is 3. The van der Waals surface area contributed by atoms with Crippen molar-refractivity contribution in [3.8, 4) is 11.6 Å². The van der Waals surface area contributed by atoms with Gasteiger partial charge in [0.15, 0.2) is 0 Å². The summed E-state index contributed by atoms with van der Waals surface area (Å²) in [6.45, 7) is 3.65. The molecule has 0 bridgehead atoms. The molecule has 0 unspecified atom stereocenters. The van der Waals surface area contributed by atoms with Crippen LogP contribution in [-0.2, 0) is 6.18 Å². The molecule has 0 saturated heterocycles. The van der Waals surface area contributed by atoms with Crippen molar-refractivity contribution in [2.24, 2.45) is 0 Å². The highest BCUT2D eigenvalue weighted by Crippen LogP contribution is 2.36. The third kappa shape index (κ3) is 2.43. The Kier molecular flexibility index (Phi) is 3.26. The van der Waals surface area contributed by atoms with Gasteiger partial charge in [-0.05, 0) is 32.0 Å². The molecule has 2 aromatic rings. The van der Waals surface area contributed by atoms with Crippen molar-refractivity contribution in [2.75, 3.05) is 7.11 Å². The molecule has 0 spiro atoms. The van der Waals surface area contributed by atoms with Crippen LogP contribution in [0.3, 0.4) is 0 Å². The van der Waals surface area contributed by atoms with Crippen LogP contribution in [0, 0.1) is 13.8 Å². The summed E-state index contributed by atoms with van der Waals surface area (Å²) in [5.41, 5.74) is 1.18. The third-order valence-electron chi connectivity index (χ3n) is 2.86. The van der Waals surface area contributed by atoms with Gasteiger partial charge >= 0.3 is 6.18 Å². The van der Waals surface area contributed by atoms with Crippen molar-refractivity contribution < 1.29 is 17.9 Å². The van der Waals surface area contributed by atoms with E-state index in [4.69, 9.17) is 0 Å². The number of hydrogen-bond donors (Lipinski definition) is 0. The highest BCUT2D eigenvalue weighted by Gasteiger charge is 2.35. The predicted octanol–water partition coefficient (Wildman–Crippen LogP) is 3.52. The summed E-state index contributed by atoms with van der Waals surface area (Å²) in [6.07, 6.45) is -3.13. The summed E-state index contributed by atoms with van der Waals surface area (Å²) in [7, 11) is 1.17. The van der Waals surface area contributed by atoms with Crippen molar-refractivity contribution in [2.45, 2.75) is 20.0 Å². The number of methoxy groups -OCH3 is 1. The SMILES string of the molecule is COc1ncc(-n2c(C)ccc2C)cc1C(F)(F)F.